The van der Waals surface area contributed by atoms with Gasteiger partial charge in [0.15, 0.2) is 5.81 Å². The van der Waals surface area contributed by atoms with Crippen molar-refractivity contribution >= 4 is 7.60 Å². The van der Waals surface area contributed by atoms with Crippen LogP contribution in [-0.4, -0.2) is 13.2 Å². The van der Waals surface area contributed by atoms with E-state index in [0.717, 1.165) is 0 Å². The molecule has 0 atom stereocenters. The highest BCUT2D eigenvalue weighted by molar-refractivity contribution is 7.58. The third-order valence-corrected chi connectivity index (χ3v) is 1.51. The normalized spacial score (nSPS) is 11.1. The smallest absolute Gasteiger partial charge is 0.238 e. The molecule has 6 nitrogen and oxygen atoms in total. The maximum atomic E-state index is 11.0. The Hall–Kier alpha value is -0.440. The second kappa shape index (κ2) is 6.12. The van der Waals surface area contributed by atoms with E-state index in [-0.39, 0.29) is 13.2 Å². The summed E-state index contributed by atoms with van der Waals surface area (Å²) in [5.41, 5.74) is 0. The van der Waals surface area contributed by atoms with Gasteiger partial charge in [-0.05, 0) is 13.8 Å². The van der Waals surface area contributed by atoms with Crippen molar-refractivity contribution < 1.29 is 23.7 Å². The third kappa shape index (κ3) is 4.44. The minimum Gasteiger partial charge on any atom is -0.238 e. The summed E-state index contributed by atoms with van der Waals surface area (Å²) in [5, 5.41) is 8.32. The summed E-state index contributed by atoms with van der Waals surface area (Å²) in [6, 6.07) is 0. The molecule has 0 radical (unpaired) electrons. The Labute approximate surface area is 70.4 Å². The van der Waals surface area contributed by atoms with Crippen molar-refractivity contribution in [1.29, 1.82) is 5.26 Å². The fourth-order valence-electron chi connectivity index (χ4n) is 0.290. The molecule has 0 saturated heterocycles. The Kier molecular flexibility index (Phi) is 5.89. The van der Waals surface area contributed by atoms with E-state index < -0.39 is 7.60 Å². The quantitative estimate of drug-likeness (QED) is 0.364. The van der Waals surface area contributed by atoms with Gasteiger partial charge in [-0.3, -0.25) is 0 Å². The van der Waals surface area contributed by atoms with E-state index in [9.17, 15) is 4.57 Å². The van der Waals surface area contributed by atoms with E-state index in [4.69, 9.17) is 5.26 Å². The maximum absolute atomic E-state index is 11.0. The molecular weight excluding hydrogens is 185 g/mol. The molecular formula is C5H10NO5P. The van der Waals surface area contributed by atoms with Gasteiger partial charge in [-0.25, -0.2) is 14.3 Å². The molecule has 0 fully saturated rings. The van der Waals surface area contributed by atoms with Gasteiger partial charge in [-0.1, -0.05) is 0 Å². The summed E-state index contributed by atoms with van der Waals surface area (Å²) in [7, 11) is -3.87. The van der Waals surface area contributed by atoms with Crippen molar-refractivity contribution in [2.75, 3.05) is 13.2 Å². The first kappa shape index (κ1) is 11.6. The summed E-state index contributed by atoms with van der Waals surface area (Å²) in [4.78, 5) is 8.59. The molecule has 0 N–H and O–H groups in total. The van der Waals surface area contributed by atoms with Gasteiger partial charge in [0, 0.05) is 0 Å². The Bertz CT molecular complexity index is 189. The van der Waals surface area contributed by atoms with E-state index in [1.54, 1.807) is 13.8 Å². The van der Waals surface area contributed by atoms with Gasteiger partial charge in [0.1, 0.15) is 0 Å². The molecule has 0 heterocycles. The SMILES string of the molecule is CCOOP(=O)(C#N)OOCC. The highest BCUT2D eigenvalue weighted by Crippen LogP contribution is 2.46. The first-order chi connectivity index (χ1) is 5.68. The van der Waals surface area contributed by atoms with Crippen LogP contribution in [0.1, 0.15) is 13.8 Å². The van der Waals surface area contributed by atoms with Crippen LogP contribution in [0.5, 0.6) is 0 Å². The molecule has 7 heteroatoms. The van der Waals surface area contributed by atoms with Gasteiger partial charge >= 0.3 is 7.60 Å². The standard InChI is InChI=1S/C5H10NO5P/c1-3-8-10-12(7,5-6)11-9-4-2/h3-4H2,1-2H3. The molecule has 0 rings (SSSR count). The minimum absolute atomic E-state index is 0.168. The van der Waals surface area contributed by atoms with Gasteiger partial charge in [-0.2, -0.15) is 5.26 Å². The van der Waals surface area contributed by atoms with Crippen molar-refractivity contribution in [1.82, 2.24) is 0 Å². The second-order valence-corrected chi connectivity index (χ2v) is 3.05. The molecule has 12 heavy (non-hydrogen) atoms. The Morgan fingerprint density at radius 1 is 1.25 bits per heavy atom. The molecule has 0 aromatic heterocycles. The first-order valence-electron chi connectivity index (χ1n) is 3.32. The van der Waals surface area contributed by atoms with Gasteiger partial charge in [-0.15, -0.1) is 9.35 Å². The lowest BCUT2D eigenvalue weighted by atomic mass is 10.9. The summed E-state index contributed by atoms with van der Waals surface area (Å²) in [6.07, 6.45) is 0. The van der Waals surface area contributed by atoms with Crippen LogP contribution in [0.3, 0.4) is 0 Å². The average Bonchev–Trinajstić information content (AvgIpc) is 2.11. The Morgan fingerprint density at radius 2 is 1.67 bits per heavy atom. The van der Waals surface area contributed by atoms with Crippen molar-refractivity contribution in [2.24, 2.45) is 0 Å². The number of rotatable bonds is 6. The molecule has 0 aliphatic carbocycles. The van der Waals surface area contributed by atoms with Crippen LogP contribution < -0.4 is 0 Å². The zero-order chi connectivity index (χ0) is 9.45. The molecule has 0 aliphatic rings. The molecule has 0 spiro atoms. The van der Waals surface area contributed by atoms with E-state index in [2.05, 4.69) is 19.1 Å². The maximum Gasteiger partial charge on any atom is 0.485 e. The predicted molar refractivity (Wildman–Crippen MR) is 38.6 cm³/mol. The number of nitrogens with zero attached hydrogens (tertiary/aromatic N) is 1. The molecule has 0 amide bonds. The molecule has 0 aromatic rings. The highest BCUT2D eigenvalue weighted by atomic mass is 31.2. The van der Waals surface area contributed by atoms with E-state index in [1.807, 2.05) is 0 Å². The van der Waals surface area contributed by atoms with Crippen molar-refractivity contribution in [3.8, 4) is 5.81 Å². The summed E-state index contributed by atoms with van der Waals surface area (Å²) in [5.74, 6) is 1.31. The number of hydrogen-bond acceptors (Lipinski definition) is 6. The molecule has 0 saturated carbocycles. The first-order valence-corrected chi connectivity index (χ1v) is 4.86. The van der Waals surface area contributed by atoms with Crippen molar-refractivity contribution in [3.63, 3.8) is 0 Å². The summed E-state index contributed by atoms with van der Waals surface area (Å²) >= 11 is 0. The van der Waals surface area contributed by atoms with Crippen LogP contribution in [0, 0.1) is 11.1 Å². The van der Waals surface area contributed by atoms with Crippen LogP contribution in [-0.2, 0) is 23.7 Å². The van der Waals surface area contributed by atoms with Gasteiger partial charge in [0.05, 0.1) is 13.2 Å². The topological polar surface area (TPSA) is 77.8 Å². The van der Waals surface area contributed by atoms with E-state index in [1.165, 1.54) is 5.81 Å². The number of hydrogen-bond donors (Lipinski definition) is 0. The zero-order valence-corrected chi connectivity index (χ0v) is 7.74. The molecule has 0 bridgehead atoms. The average molecular weight is 195 g/mol. The highest BCUT2D eigenvalue weighted by Gasteiger charge is 2.27. The van der Waals surface area contributed by atoms with E-state index >= 15 is 0 Å². The summed E-state index contributed by atoms with van der Waals surface area (Å²) in [6.45, 7) is 3.56. The van der Waals surface area contributed by atoms with Crippen molar-refractivity contribution in [2.45, 2.75) is 13.8 Å². The fraction of sp³-hybridized carbons (Fsp3) is 0.800. The lowest BCUT2D eigenvalue weighted by molar-refractivity contribution is -0.260. The van der Waals surface area contributed by atoms with Gasteiger partial charge in [0.2, 0.25) is 0 Å². The Balaban J connectivity index is 3.90. The fourth-order valence-corrected chi connectivity index (χ4v) is 0.870. The predicted octanol–water partition coefficient (Wildman–Crippen LogP) is 1.60. The largest absolute Gasteiger partial charge is 0.485 e. The van der Waals surface area contributed by atoms with Crippen LogP contribution >= 0.6 is 7.60 Å². The van der Waals surface area contributed by atoms with E-state index in [0.29, 0.717) is 0 Å². The summed E-state index contributed by atoms with van der Waals surface area (Å²) < 4.78 is 19.4. The molecule has 0 unspecified atom stereocenters. The molecule has 70 valence electrons. The van der Waals surface area contributed by atoms with Crippen LogP contribution in [0.4, 0.5) is 0 Å². The lowest BCUT2D eigenvalue weighted by Gasteiger charge is -2.06. The zero-order valence-electron chi connectivity index (χ0n) is 6.85. The molecule has 0 aliphatic heterocycles. The van der Waals surface area contributed by atoms with Gasteiger partial charge in [0.25, 0.3) is 0 Å². The van der Waals surface area contributed by atoms with Crippen LogP contribution in [0.15, 0.2) is 0 Å². The lowest BCUT2D eigenvalue weighted by Crippen LogP contribution is -1.96. The second-order valence-electron chi connectivity index (χ2n) is 1.56. The molecule has 0 aromatic carbocycles. The van der Waals surface area contributed by atoms with Gasteiger partial charge < -0.3 is 0 Å². The number of nitriles is 1. The minimum atomic E-state index is -3.87. The van der Waals surface area contributed by atoms with Crippen LogP contribution in [0.25, 0.3) is 0 Å². The third-order valence-electron chi connectivity index (χ3n) is 0.660. The van der Waals surface area contributed by atoms with Crippen molar-refractivity contribution in [3.05, 3.63) is 0 Å². The monoisotopic (exact) mass is 195 g/mol. The Morgan fingerprint density at radius 3 is 1.92 bits per heavy atom. The van der Waals surface area contributed by atoms with Crippen LogP contribution in [0.2, 0.25) is 0 Å².